The van der Waals surface area contributed by atoms with Crippen LogP contribution in [0.4, 0.5) is 0 Å². The number of nitrogens with one attached hydrogen (secondary N) is 1. The largest absolute Gasteiger partial charge is 0.308 e. The van der Waals surface area contributed by atoms with Crippen molar-refractivity contribution in [3.63, 3.8) is 0 Å². The van der Waals surface area contributed by atoms with E-state index in [9.17, 15) is 0 Å². The van der Waals surface area contributed by atoms with Gasteiger partial charge in [-0.2, -0.15) is 0 Å². The Bertz CT molecular complexity index is 230. The summed E-state index contributed by atoms with van der Waals surface area (Å²) in [7, 11) is 6.56. The van der Waals surface area contributed by atoms with Gasteiger partial charge in [0, 0.05) is 30.2 Å². The summed E-state index contributed by atoms with van der Waals surface area (Å²) in [5.41, 5.74) is 0.498. The van der Waals surface area contributed by atoms with Crippen molar-refractivity contribution in [3.8, 4) is 0 Å². The van der Waals surface area contributed by atoms with Crippen molar-refractivity contribution in [2.75, 3.05) is 34.2 Å². The maximum atomic E-state index is 3.74. The third-order valence-electron chi connectivity index (χ3n) is 3.69. The first-order valence-corrected chi connectivity index (χ1v) is 6.76. The first-order chi connectivity index (χ1) is 7.61. The van der Waals surface area contributed by atoms with Crippen LogP contribution in [0.15, 0.2) is 0 Å². The Labute approximate surface area is 108 Å². The normalized spacial score (nSPS) is 24.5. The summed E-state index contributed by atoms with van der Waals surface area (Å²) in [6, 6.07) is 0.696. The van der Waals surface area contributed by atoms with Gasteiger partial charge in [-0.3, -0.25) is 0 Å². The molecule has 0 aromatic heterocycles. The Morgan fingerprint density at radius 2 is 1.41 bits per heavy atom. The maximum Gasteiger partial charge on any atom is 0.0145 e. The fourth-order valence-electron chi connectivity index (χ4n) is 3.12. The zero-order valence-electron chi connectivity index (χ0n) is 12.8. The minimum atomic E-state index is 0.249. The summed E-state index contributed by atoms with van der Waals surface area (Å²) < 4.78 is 0. The summed E-state index contributed by atoms with van der Waals surface area (Å²) in [6.45, 7) is 11.6. The Kier molecular flexibility index (Phi) is 4.61. The third kappa shape index (κ3) is 4.94. The molecule has 0 spiro atoms. The van der Waals surface area contributed by atoms with Crippen molar-refractivity contribution in [1.29, 1.82) is 0 Å². The molecular formula is C14H31N3. The minimum absolute atomic E-state index is 0.249. The van der Waals surface area contributed by atoms with Crippen molar-refractivity contribution in [3.05, 3.63) is 0 Å². The van der Waals surface area contributed by atoms with Gasteiger partial charge in [-0.15, -0.1) is 0 Å². The molecule has 0 saturated carbocycles. The first kappa shape index (κ1) is 14.9. The van der Waals surface area contributed by atoms with Gasteiger partial charge in [0.1, 0.15) is 0 Å². The highest BCUT2D eigenvalue weighted by Crippen LogP contribution is 2.30. The van der Waals surface area contributed by atoms with E-state index in [1.807, 2.05) is 0 Å². The zero-order valence-corrected chi connectivity index (χ0v) is 12.8. The lowest BCUT2D eigenvalue weighted by Crippen LogP contribution is -2.62. The Morgan fingerprint density at radius 3 is 1.82 bits per heavy atom. The molecule has 0 aromatic carbocycles. The molecule has 3 heteroatoms. The maximum absolute atomic E-state index is 3.74. The number of nitrogens with zero attached hydrogens (tertiary/aromatic N) is 2. The number of hydrogen-bond acceptors (Lipinski definition) is 3. The van der Waals surface area contributed by atoms with Crippen LogP contribution in [-0.2, 0) is 0 Å². The predicted octanol–water partition coefficient (Wildman–Crippen LogP) is 1.79. The van der Waals surface area contributed by atoms with Crippen LogP contribution in [0.5, 0.6) is 0 Å². The van der Waals surface area contributed by atoms with Gasteiger partial charge in [0.2, 0.25) is 0 Å². The van der Waals surface area contributed by atoms with Crippen LogP contribution in [0, 0.1) is 0 Å². The SMILES string of the molecule is CN(C)CCN(C)C1CC(C)(C)NC(C)(C)C1. The highest BCUT2D eigenvalue weighted by Gasteiger charge is 2.38. The van der Waals surface area contributed by atoms with Gasteiger partial charge >= 0.3 is 0 Å². The molecule has 0 atom stereocenters. The van der Waals surface area contributed by atoms with Crippen LogP contribution >= 0.6 is 0 Å². The molecule has 3 nitrogen and oxygen atoms in total. The van der Waals surface area contributed by atoms with Gasteiger partial charge in [0.05, 0.1) is 0 Å². The van der Waals surface area contributed by atoms with Gasteiger partial charge in [-0.05, 0) is 61.7 Å². The smallest absolute Gasteiger partial charge is 0.0145 e. The summed E-state index contributed by atoms with van der Waals surface area (Å²) >= 11 is 0. The molecule has 1 heterocycles. The lowest BCUT2D eigenvalue weighted by Gasteiger charge is -2.49. The molecule has 102 valence electrons. The molecule has 1 aliphatic rings. The second-order valence-electron chi connectivity index (χ2n) is 7.24. The van der Waals surface area contributed by atoms with E-state index in [1.54, 1.807) is 0 Å². The molecule has 1 fully saturated rings. The second-order valence-corrected chi connectivity index (χ2v) is 7.24. The molecule has 0 radical (unpaired) electrons. The fourth-order valence-corrected chi connectivity index (χ4v) is 3.12. The molecule has 17 heavy (non-hydrogen) atoms. The number of rotatable bonds is 4. The van der Waals surface area contributed by atoms with Crippen molar-refractivity contribution in [2.45, 2.75) is 57.7 Å². The van der Waals surface area contributed by atoms with Crippen LogP contribution in [0.1, 0.15) is 40.5 Å². The lowest BCUT2D eigenvalue weighted by atomic mass is 9.79. The van der Waals surface area contributed by atoms with E-state index in [2.05, 4.69) is 64.0 Å². The van der Waals surface area contributed by atoms with Crippen LogP contribution < -0.4 is 5.32 Å². The molecule has 1 rings (SSSR count). The topological polar surface area (TPSA) is 18.5 Å². The molecule has 0 aromatic rings. The summed E-state index contributed by atoms with van der Waals surface area (Å²) in [5.74, 6) is 0. The van der Waals surface area contributed by atoms with Gasteiger partial charge in [0.15, 0.2) is 0 Å². The van der Waals surface area contributed by atoms with E-state index < -0.39 is 0 Å². The number of hydrogen-bond donors (Lipinski definition) is 1. The molecule has 0 unspecified atom stereocenters. The third-order valence-corrected chi connectivity index (χ3v) is 3.69. The monoisotopic (exact) mass is 241 g/mol. The molecule has 1 aliphatic heterocycles. The summed E-state index contributed by atoms with van der Waals surface area (Å²) in [5, 5.41) is 3.74. The Morgan fingerprint density at radius 1 is 0.941 bits per heavy atom. The standard InChI is InChI=1S/C14H31N3/c1-13(2)10-12(11-14(3,4)15-13)17(7)9-8-16(5)6/h12,15H,8-11H2,1-7H3. The number of likely N-dealkylation sites (N-methyl/N-ethyl adjacent to an activating group) is 2. The highest BCUT2D eigenvalue weighted by molar-refractivity contribution is 4.99. The van der Waals surface area contributed by atoms with E-state index in [0.717, 1.165) is 13.1 Å². The second kappa shape index (κ2) is 5.25. The lowest BCUT2D eigenvalue weighted by molar-refractivity contribution is 0.0780. The average molecular weight is 241 g/mol. The fraction of sp³-hybridized carbons (Fsp3) is 1.00. The Hall–Kier alpha value is -0.120. The van der Waals surface area contributed by atoms with Crippen molar-refractivity contribution in [2.24, 2.45) is 0 Å². The van der Waals surface area contributed by atoms with Gasteiger partial charge < -0.3 is 15.1 Å². The molecule has 0 bridgehead atoms. The molecule has 0 amide bonds. The molecule has 0 aliphatic carbocycles. The van der Waals surface area contributed by atoms with Crippen LogP contribution in [0.25, 0.3) is 0 Å². The van der Waals surface area contributed by atoms with Crippen molar-refractivity contribution >= 4 is 0 Å². The van der Waals surface area contributed by atoms with Crippen LogP contribution in [0.2, 0.25) is 0 Å². The highest BCUT2D eigenvalue weighted by atomic mass is 15.2. The quantitative estimate of drug-likeness (QED) is 0.809. The van der Waals surface area contributed by atoms with Crippen LogP contribution in [0.3, 0.4) is 0 Å². The predicted molar refractivity (Wildman–Crippen MR) is 75.5 cm³/mol. The van der Waals surface area contributed by atoms with E-state index in [0.29, 0.717) is 6.04 Å². The first-order valence-electron chi connectivity index (χ1n) is 6.76. The Balaban J connectivity index is 2.58. The average Bonchev–Trinajstić information content (AvgIpc) is 2.08. The van der Waals surface area contributed by atoms with Crippen molar-refractivity contribution in [1.82, 2.24) is 15.1 Å². The minimum Gasteiger partial charge on any atom is -0.308 e. The van der Waals surface area contributed by atoms with E-state index in [1.165, 1.54) is 12.8 Å². The molecular weight excluding hydrogens is 210 g/mol. The van der Waals surface area contributed by atoms with Crippen LogP contribution in [-0.4, -0.2) is 61.2 Å². The number of piperidine rings is 1. The van der Waals surface area contributed by atoms with E-state index in [-0.39, 0.29) is 11.1 Å². The molecule has 1 N–H and O–H groups in total. The van der Waals surface area contributed by atoms with Gasteiger partial charge in [0.25, 0.3) is 0 Å². The van der Waals surface area contributed by atoms with Crippen molar-refractivity contribution < 1.29 is 0 Å². The van der Waals surface area contributed by atoms with E-state index in [4.69, 9.17) is 0 Å². The summed E-state index contributed by atoms with van der Waals surface area (Å²) in [6.07, 6.45) is 2.47. The van der Waals surface area contributed by atoms with Gasteiger partial charge in [-0.25, -0.2) is 0 Å². The summed E-state index contributed by atoms with van der Waals surface area (Å²) in [4.78, 5) is 4.79. The van der Waals surface area contributed by atoms with E-state index >= 15 is 0 Å². The zero-order chi connectivity index (χ0) is 13.3. The molecule has 1 saturated heterocycles. The van der Waals surface area contributed by atoms with Gasteiger partial charge in [-0.1, -0.05) is 0 Å².